The molecule has 2 heterocycles. The van der Waals surface area contributed by atoms with Crippen molar-refractivity contribution in [3.05, 3.63) is 69.2 Å². The Morgan fingerprint density at radius 1 is 1.26 bits per heavy atom. The molecule has 0 radical (unpaired) electrons. The van der Waals surface area contributed by atoms with Gasteiger partial charge in [0, 0.05) is 5.39 Å². The number of hydrogen-bond donors (Lipinski definition) is 1. The number of benzene rings is 2. The molecule has 136 valence electrons. The van der Waals surface area contributed by atoms with E-state index in [1.165, 1.54) is 10.9 Å². The van der Waals surface area contributed by atoms with Gasteiger partial charge in [-0.2, -0.15) is 0 Å². The van der Waals surface area contributed by atoms with Gasteiger partial charge in [-0.1, -0.05) is 29.8 Å². The first-order chi connectivity index (χ1) is 12.9. The summed E-state index contributed by atoms with van der Waals surface area (Å²) in [5.74, 6) is -0.372. The highest BCUT2D eigenvalue weighted by atomic mass is 35.5. The number of furan rings is 1. The van der Waals surface area contributed by atoms with Crippen LogP contribution in [0.15, 0.2) is 51.9 Å². The van der Waals surface area contributed by atoms with Gasteiger partial charge in [-0.3, -0.25) is 14.2 Å². The van der Waals surface area contributed by atoms with Crippen LogP contribution < -0.4 is 10.9 Å². The van der Waals surface area contributed by atoms with E-state index < -0.39 is 5.56 Å². The maximum Gasteiger partial charge on any atom is 0.297 e. The quantitative estimate of drug-likeness (QED) is 0.580. The molecule has 2 aromatic carbocycles. The average molecular weight is 382 g/mol. The van der Waals surface area contributed by atoms with Crippen molar-refractivity contribution in [1.29, 1.82) is 0 Å². The van der Waals surface area contributed by atoms with Crippen LogP contribution in [0.4, 0.5) is 5.69 Å². The molecule has 0 bridgehead atoms. The van der Waals surface area contributed by atoms with Gasteiger partial charge in [0.25, 0.3) is 5.56 Å². The number of carbonyl (C=O) groups is 1. The van der Waals surface area contributed by atoms with Crippen LogP contribution in [0, 0.1) is 13.8 Å². The molecule has 1 amide bonds. The summed E-state index contributed by atoms with van der Waals surface area (Å²) in [4.78, 5) is 29.4. The molecule has 0 spiro atoms. The fourth-order valence-electron chi connectivity index (χ4n) is 3.14. The summed E-state index contributed by atoms with van der Waals surface area (Å²) in [5, 5.41) is 3.99. The number of fused-ring (bicyclic) bond motifs is 3. The number of hydrogen-bond acceptors (Lipinski definition) is 4. The van der Waals surface area contributed by atoms with E-state index in [4.69, 9.17) is 16.0 Å². The summed E-state index contributed by atoms with van der Waals surface area (Å²) in [6.45, 7) is 3.60. The molecule has 2 aromatic heterocycles. The van der Waals surface area contributed by atoms with Gasteiger partial charge in [0.15, 0.2) is 0 Å². The molecule has 6 nitrogen and oxygen atoms in total. The van der Waals surface area contributed by atoms with Gasteiger partial charge in [0.05, 0.1) is 17.0 Å². The molecule has 7 heteroatoms. The molecule has 4 aromatic rings. The molecule has 0 aliphatic carbocycles. The van der Waals surface area contributed by atoms with Gasteiger partial charge in [0.1, 0.15) is 17.6 Å². The van der Waals surface area contributed by atoms with Crippen LogP contribution in [-0.2, 0) is 11.3 Å². The summed E-state index contributed by atoms with van der Waals surface area (Å²) in [6.07, 6.45) is 1.36. The van der Waals surface area contributed by atoms with Crippen molar-refractivity contribution in [1.82, 2.24) is 9.55 Å². The number of nitrogens with zero attached hydrogens (tertiary/aromatic N) is 2. The van der Waals surface area contributed by atoms with E-state index in [-0.39, 0.29) is 18.0 Å². The Morgan fingerprint density at radius 3 is 2.81 bits per heavy atom. The zero-order valence-corrected chi connectivity index (χ0v) is 15.5. The highest BCUT2D eigenvalue weighted by Gasteiger charge is 2.15. The number of amides is 1. The van der Waals surface area contributed by atoms with E-state index >= 15 is 0 Å². The predicted molar refractivity (Wildman–Crippen MR) is 105 cm³/mol. The first-order valence-electron chi connectivity index (χ1n) is 8.37. The molecule has 0 saturated heterocycles. The maximum atomic E-state index is 12.7. The second-order valence-electron chi connectivity index (χ2n) is 6.44. The maximum absolute atomic E-state index is 12.7. The van der Waals surface area contributed by atoms with Gasteiger partial charge in [-0.25, -0.2) is 4.98 Å². The molecule has 4 rings (SSSR count). The van der Waals surface area contributed by atoms with E-state index in [2.05, 4.69) is 10.3 Å². The number of anilines is 1. The lowest BCUT2D eigenvalue weighted by molar-refractivity contribution is -0.116. The average Bonchev–Trinajstić information content (AvgIpc) is 3.00. The second-order valence-corrected chi connectivity index (χ2v) is 6.85. The van der Waals surface area contributed by atoms with E-state index in [9.17, 15) is 9.59 Å². The third-order valence-electron chi connectivity index (χ3n) is 4.36. The Balaban J connectivity index is 1.66. The van der Waals surface area contributed by atoms with Crippen LogP contribution in [0.1, 0.15) is 11.1 Å². The SMILES string of the molecule is Cc1cc(C)c(NC(=O)Cn2cnc3c(oc4ccccc43)c2=O)c(Cl)c1. The first-order valence-corrected chi connectivity index (χ1v) is 8.75. The van der Waals surface area contributed by atoms with E-state index in [0.29, 0.717) is 21.8 Å². The van der Waals surface area contributed by atoms with E-state index in [0.717, 1.165) is 16.5 Å². The van der Waals surface area contributed by atoms with Crippen LogP contribution in [0.2, 0.25) is 5.02 Å². The number of halogens is 1. The Hall–Kier alpha value is -3.12. The fraction of sp³-hybridized carbons (Fsp3) is 0.150. The number of nitrogens with one attached hydrogen (secondary N) is 1. The van der Waals surface area contributed by atoms with Crippen molar-refractivity contribution in [2.75, 3.05) is 5.32 Å². The molecular weight excluding hydrogens is 366 g/mol. The Kier molecular flexibility index (Phi) is 4.20. The molecule has 0 fully saturated rings. The monoisotopic (exact) mass is 381 g/mol. The normalized spacial score (nSPS) is 11.2. The Labute approximate surface area is 159 Å². The first kappa shape index (κ1) is 17.3. The smallest absolute Gasteiger partial charge is 0.297 e. The van der Waals surface area contributed by atoms with Crippen molar-refractivity contribution < 1.29 is 9.21 Å². The van der Waals surface area contributed by atoms with Crippen LogP contribution in [0.3, 0.4) is 0 Å². The number of rotatable bonds is 3. The summed E-state index contributed by atoms with van der Waals surface area (Å²) in [5.41, 5.74) is 3.20. The highest BCUT2D eigenvalue weighted by Crippen LogP contribution is 2.27. The number of carbonyl (C=O) groups excluding carboxylic acids is 1. The van der Waals surface area contributed by atoms with Crippen molar-refractivity contribution in [3.63, 3.8) is 0 Å². The molecule has 0 aliphatic rings. The molecule has 1 N–H and O–H groups in total. The number of aryl methyl sites for hydroxylation is 2. The minimum absolute atomic E-state index is 0.135. The zero-order chi connectivity index (χ0) is 19.1. The van der Waals surface area contributed by atoms with Crippen LogP contribution in [0.25, 0.3) is 22.1 Å². The zero-order valence-electron chi connectivity index (χ0n) is 14.7. The molecule has 0 atom stereocenters. The summed E-state index contributed by atoms with van der Waals surface area (Å²) in [6, 6.07) is 11.0. The minimum Gasteiger partial charge on any atom is -0.448 e. The standard InChI is InChI=1S/C20H16ClN3O3/c1-11-7-12(2)17(14(21)8-11)23-16(25)9-24-10-22-18-13-5-3-4-6-15(13)27-19(18)20(24)26/h3-8,10H,9H2,1-2H3,(H,23,25). The second kappa shape index (κ2) is 6.55. The van der Waals surface area contributed by atoms with Crippen molar-refractivity contribution in [2.45, 2.75) is 20.4 Å². The summed E-state index contributed by atoms with van der Waals surface area (Å²) >= 11 is 6.23. The summed E-state index contributed by atoms with van der Waals surface area (Å²) in [7, 11) is 0. The third kappa shape index (κ3) is 3.08. The molecule has 27 heavy (non-hydrogen) atoms. The molecular formula is C20H16ClN3O3. The van der Waals surface area contributed by atoms with Crippen LogP contribution >= 0.6 is 11.6 Å². The van der Waals surface area contributed by atoms with Gasteiger partial charge >= 0.3 is 0 Å². The Morgan fingerprint density at radius 2 is 2.04 bits per heavy atom. The van der Waals surface area contributed by atoms with Gasteiger partial charge in [-0.15, -0.1) is 0 Å². The predicted octanol–water partition coefficient (Wildman–Crippen LogP) is 4.05. The van der Waals surface area contributed by atoms with Gasteiger partial charge in [0.2, 0.25) is 11.5 Å². The lowest BCUT2D eigenvalue weighted by Gasteiger charge is -2.12. The lowest BCUT2D eigenvalue weighted by Crippen LogP contribution is -2.27. The minimum atomic E-state index is -0.405. The van der Waals surface area contributed by atoms with E-state index in [1.807, 2.05) is 38.1 Å². The Bertz CT molecular complexity index is 1230. The molecule has 0 unspecified atom stereocenters. The van der Waals surface area contributed by atoms with Crippen molar-refractivity contribution in [3.8, 4) is 0 Å². The third-order valence-corrected chi connectivity index (χ3v) is 4.66. The summed E-state index contributed by atoms with van der Waals surface area (Å²) < 4.78 is 6.85. The lowest BCUT2D eigenvalue weighted by atomic mass is 10.1. The molecule has 0 aliphatic heterocycles. The van der Waals surface area contributed by atoms with Gasteiger partial charge < -0.3 is 9.73 Å². The van der Waals surface area contributed by atoms with Crippen molar-refractivity contribution >= 4 is 45.3 Å². The highest BCUT2D eigenvalue weighted by molar-refractivity contribution is 6.34. The largest absolute Gasteiger partial charge is 0.448 e. The number of para-hydroxylation sites is 1. The van der Waals surface area contributed by atoms with Crippen LogP contribution in [0.5, 0.6) is 0 Å². The van der Waals surface area contributed by atoms with E-state index in [1.54, 1.807) is 12.1 Å². The van der Waals surface area contributed by atoms with Crippen molar-refractivity contribution in [2.24, 2.45) is 0 Å². The topological polar surface area (TPSA) is 77.1 Å². The number of aromatic nitrogens is 2. The van der Waals surface area contributed by atoms with Crippen LogP contribution in [-0.4, -0.2) is 15.5 Å². The fourth-order valence-corrected chi connectivity index (χ4v) is 3.50. The molecule has 0 saturated carbocycles. The van der Waals surface area contributed by atoms with Gasteiger partial charge in [-0.05, 0) is 43.2 Å².